The lowest BCUT2D eigenvalue weighted by molar-refractivity contribution is 0.192. The minimum absolute atomic E-state index is 0.138. The molecule has 4 nitrogen and oxygen atoms in total. The molecule has 0 aliphatic heterocycles. The molecule has 86 valence electrons. The highest BCUT2D eigenvalue weighted by atomic mass is 32.2. The van der Waals surface area contributed by atoms with Crippen molar-refractivity contribution in [1.82, 2.24) is 14.7 Å². The molecule has 15 heavy (non-hydrogen) atoms. The van der Waals surface area contributed by atoms with Crippen LogP contribution in [0.2, 0.25) is 0 Å². The standard InChI is InChI=1S/C9H17N3OS2/c1-3-4-11-9(2,5-13)6-14-8-10-7-12-15-8/h7,11,13H,3-6H2,1-2H3. The van der Waals surface area contributed by atoms with E-state index in [0.717, 1.165) is 23.1 Å². The van der Waals surface area contributed by atoms with E-state index in [4.69, 9.17) is 0 Å². The fourth-order valence-corrected chi connectivity index (χ4v) is 2.58. The summed E-state index contributed by atoms with van der Waals surface area (Å²) < 4.78 is 4.89. The summed E-state index contributed by atoms with van der Waals surface area (Å²) in [5.74, 6) is 0.804. The molecule has 0 aliphatic carbocycles. The monoisotopic (exact) mass is 247 g/mol. The van der Waals surface area contributed by atoms with Crippen molar-refractivity contribution in [3.05, 3.63) is 6.33 Å². The first-order valence-corrected chi connectivity index (χ1v) is 6.71. The van der Waals surface area contributed by atoms with Gasteiger partial charge in [0, 0.05) is 11.3 Å². The second-order valence-corrected chi connectivity index (χ2v) is 5.64. The summed E-state index contributed by atoms with van der Waals surface area (Å²) in [7, 11) is 0. The molecule has 1 atom stereocenters. The van der Waals surface area contributed by atoms with E-state index in [1.807, 2.05) is 6.92 Å². The quantitative estimate of drug-likeness (QED) is 0.713. The van der Waals surface area contributed by atoms with E-state index in [1.165, 1.54) is 11.5 Å². The number of hydrogen-bond donors (Lipinski definition) is 2. The van der Waals surface area contributed by atoms with Crippen LogP contribution in [0.25, 0.3) is 0 Å². The van der Waals surface area contributed by atoms with Crippen molar-refractivity contribution in [2.24, 2.45) is 0 Å². The average Bonchev–Trinajstić information content (AvgIpc) is 2.76. The lowest BCUT2D eigenvalue weighted by Gasteiger charge is -2.27. The van der Waals surface area contributed by atoms with Crippen LogP contribution in [0, 0.1) is 0 Å². The second kappa shape index (κ2) is 6.42. The van der Waals surface area contributed by atoms with Crippen molar-refractivity contribution < 1.29 is 5.11 Å². The fraction of sp³-hybridized carbons (Fsp3) is 0.778. The highest BCUT2D eigenvalue weighted by molar-refractivity contribution is 8.01. The molecule has 1 rings (SSSR count). The number of nitrogens with zero attached hydrogens (tertiary/aromatic N) is 2. The first-order chi connectivity index (χ1) is 7.20. The van der Waals surface area contributed by atoms with Crippen LogP contribution in [0.3, 0.4) is 0 Å². The SMILES string of the molecule is CCCNC(C)(CO)CSc1ncns1. The van der Waals surface area contributed by atoms with Gasteiger partial charge in [-0.15, -0.1) is 0 Å². The molecule has 1 aromatic rings. The van der Waals surface area contributed by atoms with Gasteiger partial charge in [-0.05, 0) is 31.4 Å². The minimum atomic E-state index is -0.230. The first-order valence-electron chi connectivity index (χ1n) is 4.95. The van der Waals surface area contributed by atoms with Gasteiger partial charge in [-0.1, -0.05) is 18.7 Å². The Labute approximate surface area is 98.7 Å². The molecule has 1 unspecified atom stereocenters. The zero-order chi connectivity index (χ0) is 11.1. The molecule has 0 radical (unpaired) electrons. The van der Waals surface area contributed by atoms with Crippen LogP contribution in [0.5, 0.6) is 0 Å². The normalized spacial score (nSPS) is 15.1. The topological polar surface area (TPSA) is 58.0 Å². The Balaban J connectivity index is 2.38. The molecule has 2 N–H and O–H groups in total. The maximum Gasteiger partial charge on any atom is 0.169 e. The summed E-state index contributed by atoms with van der Waals surface area (Å²) in [4.78, 5) is 4.09. The molecule has 0 fully saturated rings. The summed E-state index contributed by atoms with van der Waals surface area (Å²) in [5.41, 5.74) is -0.230. The van der Waals surface area contributed by atoms with E-state index in [9.17, 15) is 5.11 Å². The van der Waals surface area contributed by atoms with Gasteiger partial charge in [-0.2, -0.15) is 4.37 Å². The van der Waals surface area contributed by atoms with E-state index in [-0.39, 0.29) is 12.1 Å². The van der Waals surface area contributed by atoms with Crippen molar-refractivity contribution >= 4 is 23.3 Å². The summed E-state index contributed by atoms with van der Waals surface area (Å²) in [6, 6.07) is 0. The molecule has 1 aromatic heterocycles. The van der Waals surface area contributed by atoms with E-state index in [2.05, 4.69) is 21.6 Å². The van der Waals surface area contributed by atoms with Gasteiger partial charge in [0.05, 0.1) is 6.61 Å². The van der Waals surface area contributed by atoms with Gasteiger partial charge in [-0.3, -0.25) is 0 Å². The van der Waals surface area contributed by atoms with Crippen LogP contribution < -0.4 is 5.32 Å². The number of thioether (sulfide) groups is 1. The van der Waals surface area contributed by atoms with Crippen LogP contribution in [-0.2, 0) is 0 Å². The number of aromatic nitrogens is 2. The number of rotatable bonds is 7. The largest absolute Gasteiger partial charge is 0.394 e. The van der Waals surface area contributed by atoms with Gasteiger partial charge in [0.1, 0.15) is 6.33 Å². The Hall–Kier alpha value is -0.170. The third-order valence-electron chi connectivity index (χ3n) is 2.01. The van der Waals surface area contributed by atoms with Crippen LogP contribution >= 0.6 is 23.3 Å². The van der Waals surface area contributed by atoms with Crippen LogP contribution in [0.1, 0.15) is 20.3 Å². The molecule has 1 heterocycles. The van der Waals surface area contributed by atoms with E-state index >= 15 is 0 Å². The molecule has 0 saturated carbocycles. The molecular weight excluding hydrogens is 230 g/mol. The summed E-state index contributed by atoms with van der Waals surface area (Å²) in [5, 5.41) is 12.7. The van der Waals surface area contributed by atoms with Gasteiger partial charge < -0.3 is 10.4 Å². The van der Waals surface area contributed by atoms with Crippen molar-refractivity contribution in [2.45, 2.75) is 30.1 Å². The minimum Gasteiger partial charge on any atom is -0.394 e. The zero-order valence-electron chi connectivity index (χ0n) is 9.06. The lowest BCUT2D eigenvalue weighted by Crippen LogP contribution is -2.48. The van der Waals surface area contributed by atoms with Crippen molar-refractivity contribution in [2.75, 3.05) is 18.9 Å². The van der Waals surface area contributed by atoms with Crippen molar-refractivity contribution in [1.29, 1.82) is 0 Å². The van der Waals surface area contributed by atoms with Crippen LogP contribution in [-0.4, -0.2) is 38.9 Å². The third-order valence-corrected chi connectivity index (χ3v) is 4.18. The Morgan fingerprint density at radius 1 is 1.67 bits per heavy atom. The summed E-state index contributed by atoms with van der Waals surface area (Å²) in [6.07, 6.45) is 2.63. The van der Waals surface area contributed by atoms with Crippen molar-refractivity contribution in [3.8, 4) is 0 Å². The average molecular weight is 247 g/mol. The summed E-state index contributed by atoms with van der Waals surface area (Å²) >= 11 is 3.02. The maximum absolute atomic E-state index is 9.33. The number of nitrogens with one attached hydrogen (secondary N) is 1. The molecule has 0 spiro atoms. The highest BCUT2D eigenvalue weighted by Crippen LogP contribution is 2.22. The number of hydrogen-bond acceptors (Lipinski definition) is 6. The van der Waals surface area contributed by atoms with E-state index < -0.39 is 0 Å². The predicted octanol–water partition coefficient (Wildman–Crippen LogP) is 1.38. The Morgan fingerprint density at radius 2 is 2.47 bits per heavy atom. The smallest absolute Gasteiger partial charge is 0.169 e. The third kappa shape index (κ3) is 4.46. The Kier molecular flexibility index (Phi) is 5.52. The summed E-state index contributed by atoms with van der Waals surface area (Å²) in [6.45, 7) is 5.20. The van der Waals surface area contributed by atoms with Crippen LogP contribution in [0.4, 0.5) is 0 Å². The molecule has 0 aliphatic rings. The molecule has 6 heteroatoms. The highest BCUT2D eigenvalue weighted by Gasteiger charge is 2.22. The van der Waals surface area contributed by atoms with E-state index in [1.54, 1.807) is 18.1 Å². The molecule has 0 bridgehead atoms. The van der Waals surface area contributed by atoms with Crippen molar-refractivity contribution in [3.63, 3.8) is 0 Å². The van der Waals surface area contributed by atoms with Gasteiger partial charge in [0.15, 0.2) is 4.34 Å². The number of aliphatic hydroxyl groups is 1. The maximum atomic E-state index is 9.33. The first kappa shape index (κ1) is 12.9. The molecular formula is C9H17N3OS2. The Bertz CT molecular complexity index is 268. The second-order valence-electron chi connectivity index (χ2n) is 3.64. The van der Waals surface area contributed by atoms with Gasteiger partial charge in [-0.25, -0.2) is 4.98 Å². The van der Waals surface area contributed by atoms with Crippen LogP contribution in [0.15, 0.2) is 10.7 Å². The molecule has 0 aromatic carbocycles. The van der Waals surface area contributed by atoms with Gasteiger partial charge >= 0.3 is 0 Å². The molecule has 0 saturated heterocycles. The van der Waals surface area contributed by atoms with E-state index in [0.29, 0.717) is 0 Å². The fourth-order valence-electron chi connectivity index (χ4n) is 1.03. The Morgan fingerprint density at radius 3 is 3.00 bits per heavy atom. The number of aliphatic hydroxyl groups excluding tert-OH is 1. The lowest BCUT2D eigenvalue weighted by atomic mass is 10.1. The molecule has 0 amide bonds. The zero-order valence-corrected chi connectivity index (χ0v) is 10.7. The van der Waals surface area contributed by atoms with Gasteiger partial charge in [0.2, 0.25) is 0 Å². The van der Waals surface area contributed by atoms with Gasteiger partial charge in [0.25, 0.3) is 0 Å². The predicted molar refractivity (Wildman–Crippen MR) is 64.4 cm³/mol.